The normalized spacial score (nSPS) is 18.7. The molecule has 0 aromatic carbocycles. The molecular formula is C25H41N5O5S. The summed E-state index contributed by atoms with van der Waals surface area (Å²) in [5.74, 6) is -1.20. The number of unbranched alkanes of at least 4 members (excludes halogenated alkanes) is 1. The van der Waals surface area contributed by atoms with Gasteiger partial charge in [0.05, 0.1) is 17.3 Å². The molecule has 0 saturated carbocycles. The van der Waals surface area contributed by atoms with E-state index in [0.29, 0.717) is 23.3 Å². The third-order valence-corrected chi connectivity index (χ3v) is 8.15. The van der Waals surface area contributed by atoms with Crippen molar-refractivity contribution in [2.45, 2.75) is 83.2 Å². The first kappa shape index (κ1) is 28.3. The van der Waals surface area contributed by atoms with Crippen LogP contribution < -0.4 is 16.0 Å². The van der Waals surface area contributed by atoms with Gasteiger partial charge in [-0.15, -0.1) is 11.3 Å². The zero-order valence-corrected chi connectivity index (χ0v) is 22.5. The van der Waals surface area contributed by atoms with E-state index in [-0.39, 0.29) is 25.0 Å². The topological polar surface area (TPSA) is 133 Å². The summed E-state index contributed by atoms with van der Waals surface area (Å²) in [7, 11) is 0. The summed E-state index contributed by atoms with van der Waals surface area (Å²) < 4.78 is 4.98. The highest BCUT2D eigenvalue weighted by atomic mass is 32.1. The fourth-order valence-corrected chi connectivity index (χ4v) is 6.04. The molecule has 1 atom stereocenters. The van der Waals surface area contributed by atoms with Crippen molar-refractivity contribution in [3.05, 3.63) is 15.6 Å². The average molecular weight is 524 g/mol. The Morgan fingerprint density at radius 2 is 1.89 bits per heavy atom. The summed E-state index contributed by atoms with van der Waals surface area (Å²) in [6.45, 7) is 10.2. The third-order valence-electron chi connectivity index (χ3n) is 6.91. The van der Waals surface area contributed by atoms with Gasteiger partial charge in [0, 0.05) is 18.5 Å². The summed E-state index contributed by atoms with van der Waals surface area (Å²) in [6.07, 6.45) is 5.22. The van der Waals surface area contributed by atoms with E-state index in [1.807, 2.05) is 20.8 Å². The van der Waals surface area contributed by atoms with E-state index in [0.717, 1.165) is 56.1 Å². The number of aliphatic carboxylic acids is 1. The maximum atomic E-state index is 13.1. The van der Waals surface area contributed by atoms with Crippen molar-refractivity contribution < 1.29 is 24.2 Å². The summed E-state index contributed by atoms with van der Waals surface area (Å²) in [4.78, 5) is 44.5. The molecule has 2 aliphatic heterocycles. The molecule has 10 nitrogen and oxygen atoms in total. The zero-order valence-electron chi connectivity index (χ0n) is 21.7. The first-order chi connectivity index (χ1) is 17.3. The van der Waals surface area contributed by atoms with Crippen LogP contribution in [0.15, 0.2) is 0 Å². The van der Waals surface area contributed by atoms with Crippen LogP contribution in [0.3, 0.4) is 0 Å². The van der Waals surface area contributed by atoms with Crippen LogP contribution in [0.4, 0.5) is 4.79 Å². The number of carboxylic acid groups (broad SMARTS) is 1. The van der Waals surface area contributed by atoms with Crippen molar-refractivity contribution >= 4 is 29.3 Å². The number of hydrogen-bond donors (Lipinski definition) is 4. The molecule has 0 aliphatic carbocycles. The van der Waals surface area contributed by atoms with Gasteiger partial charge < -0.3 is 30.7 Å². The molecule has 3 rings (SSSR count). The molecule has 0 unspecified atom stereocenters. The number of amides is 2. The Labute approximate surface area is 217 Å². The van der Waals surface area contributed by atoms with E-state index < -0.39 is 18.1 Å². The first-order valence-electron chi connectivity index (χ1n) is 13.2. The maximum absolute atomic E-state index is 13.1. The maximum Gasteiger partial charge on any atom is 0.407 e. The van der Waals surface area contributed by atoms with Crippen LogP contribution in [0.25, 0.3) is 0 Å². The molecular weight excluding hydrogens is 482 g/mol. The Morgan fingerprint density at radius 1 is 1.19 bits per heavy atom. The summed E-state index contributed by atoms with van der Waals surface area (Å²) in [5, 5.41) is 18.9. The van der Waals surface area contributed by atoms with Gasteiger partial charge >= 0.3 is 12.1 Å². The van der Waals surface area contributed by atoms with Crippen LogP contribution in [0.5, 0.6) is 0 Å². The third kappa shape index (κ3) is 7.88. The van der Waals surface area contributed by atoms with Crippen LogP contribution in [-0.4, -0.2) is 84.4 Å². The van der Waals surface area contributed by atoms with Crippen molar-refractivity contribution in [2.24, 2.45) is 0 Å². The molecule has 0 radical (unpaired) electrons. The number of piperidine rings is 2. The molecule has 4 N–H and O–H groups in total. The van der Waals surface area contributed by atoms with Gasteiger partial charge in [0.25, 0.3) is 5.91 Å². The van der Waals surface area contributed by atoms with Gasteiger partial charge in [-0.05, 0) is 64.2 Å². The van der Waals surface area contributed by atoms with Gasteiger partial charge in [0.2, 0.25) is 0 Å². The smallest absolute Gasteiger partial charge is 0.407 e. The minimum Gasteiger partial charge on any atom is -0.480 e. The van der Waals surface area contributed by atoms with Crippen molar-refractivity contribution in [2.75, 3.05) is 39.3 Å². The van der Waals surface area contributed by atoms with Gasteiger partial charge in [-0.2, -0.15) is 0 Å². The van der Waals surface area contributed by atoms with E-state index >= 15 is 0 Å². The highest BCUT2D eigenvalue weighted by molar-refractivity contribution is 7.13. The van der Waals surface area contributed by atoms with Crippen molar-refractivity contribution in [1.82, 2.24) is 25.8 Å². The number of nitrogens with zero attached hydrogens (tertiary/aromatic N) is 2. The SMILES string of the molecule is CCCCOC(=O)N[C@@H](CNC(=O)c1sc(C2CCN(C3CCNCC3)CC2)nc1C(C)C)C(=O)O. The van der Waals surface area contributed by atoms with Crippen LogP contribution in [0.1, 0.15) is 91.5 Å². The lowest BCUT2D eigenvalue weighted by molar-refractivity contribution is -0.139. The lowest BCUT2D eigenvalue weighted by atomic mass is 9.94. The fraction of sp³-hybridized carbons (Fsp3) is 0.760. The van der Waals surface area contributed by atoms with Gasteiger partial charge in [-0.1, -0.05) is 27.2 Å². The molecule has 2 amide bonds. The molecule has 0 bridgehead atoms. The number of ether oxygens (including phenoxy) is 1. The summed E-state index contributed by atoms with van der Waals surface area (Å²) >= 11 is 1.42. The summed E-state index contributed by atoms with van der Waals surface area (Å²) in [5.41, 5.74) is 0.743. The van der Waals surface area contributed by atoms with Crippen LogP contribution in [-0.2, 0) is 9.53 Å². The molecule has 0 spiro atoms. The molecule has 2 fully saturated rings. The molecule has 2 aliphatic rings. The molecule has 202 valence electrons. The second-order valence-electron chi connectivity index (χ2n) is 9.95. The van der Waals surface area contributed by atoms with E-state index in [2.05, 4.69) is 20.9 Å². The number of likely N-dealkylation sites (tertiary alicyclic amines) is 1. The zero-order chi connectivity index (χ0) is 26.1. The van der Waals surface area contributed by atoms with E-state index in [9.17, 15) is 19.5 Å². The second kappa shape index (κ2) is 13.9. The van der Waals surface area contributed by atoms with E-state index in [1.54, 1.807) is 0 Å². The molecule has 3 heterocycles. The number of hydrogen-bond acceptors (Lipinski definition) is 8. The largest absolute Gasteiger partial charge is 0.480 e. The Bertz CT molecular complexity index is 878. The number of nitrogens with one attached hydrogen (secondary N) is 3. The molecule has 11 heteroatoms. The van der Waals surface area contributed by atoms with E-state index in [1.165, 1.54) is 24.2 Å². The molecule has 2 saturated heterocycles. The standard InChI is InChI=1S/C25H41N5O5S/c1-4-5-14-35-25(34)28-19(24(32)33)15-27-22(31)21-20(16(2)3)29-23(36-21)17-8-12-30(13-9-17)18-6-10-26-11-7-18/h16-19,26H,4-15H2,1-3H3,(H,27,31)(H,28,34)(H,32,33)/t19-/m0/s1. The number of aromatic nitrogens is 1. The van der Waals surface area contributed by atoms with Crippen LogP contribution in [0, 0.1) is 0 Å². The first-order valence-corrected chi connectivity index (χ1v) is 14.0. The van der Waals surface area contributed by atoms with Crippen molar-refractivity contribution in [3.8, 4) is 0 Å². The predicted molar refractivity (Wildman–Crippen MR) is 139 cm³/mol. The highest BCUT2D eigenvalue weighted by Crippen LogP contribution is 2.35. The van der Waals surface area contributed by atoms with Gasteiger partial charge in [0.15, 0.2) is 0 Å². The minimum atomic E-state index is -1.28. The minimum absolute atomic E-state index is 0.0625. The van der Waals surface area contributed by atoms with Gasteiger partial charge in [-0.3, -0.25) is 4.79 Å². The van der Waals surface area contributed by atoms with Crippen molar-refractivity contribution in [3.63, 3.8) is 0 Å². The number of carboxylic acids is 1. The van der Waals surface area contributed by atoms with Crippen molar-refractivity contribution in [1.29, 1.82) is 0 Å². The predicted octanol–water partition coefficient (Wildman–Crippen LogP) is 2.91. The highest BCUT2D eigenvalue weighted by Gasteiger charge is 2.31. The number of thiazole rings is 1. The second-order valence-corrected chi connectivity index (χ2v) is 11.0. The number of carbonyl (C=O) groups excluding carboxylic acids is 2. The Morgan fingerprint density at radius 3 is 2.50 bits per heavy atom. The van der Waals surface area contributed by atoms with E-state index in [4.69, 9.17) is 9.72 Å². The lowest BCUT2D eigenvalue weighted by Crippen LogP contribution is -2.48. The Hall–Kier alpha value is -2.24. The lowest BCUT2D eigenvalue weighted by Gasteiger charge is -2.39. The number of rotatable bonds is 11. The number of alkyl carbamates (subject to hydrolysis) is 1. The summed E-state index contributed by atoms with van der Waals surface area (Å²) in [6, 6.07) is -0.618. The van der Waals surface area contributed by atoms with Gasteiger partial charge in [-0.25, -0.2) is 14.6 Å². The Kier molecular flexibility index (Phi) is 10.9. The fourth-order valence-electron chi connectivity index (χ4n) is 4.73. The number of carbonyl (C=O) groups is 3. The quantitative estimate of drug-likeness (QED) is 0.326. The Balaban J connectivity index is 1.58. The molecule has 1 aromatic heterocycles. The molecule has 36 heavy (non-hydrogen) atoms. The molecule has 1 aromatic rings. The van der Waals surface area contributed by atoms with Gasteiger partial charge in [0.1, 0.15) is 10.9 Å². The van der Waals surface area contributed by atoms with Crippen LogP contribution in [0.2, 0.25) is 0 Å². The monoisotopic (exact) mass is 523 g/mol. The average Bonchev–Trinajstić information content (AvgIpc) is 3.33. The van der Waals surface area contributed by atoms with Crippen LogP contribution >= 0.6 is 11.3 Å².